The number of hydrogen-bond acceptors (Lipinski definition) is 4. The SMILES string of the molecule is COCCN(CCC#N)CC1COc2ccccc21. The van der Waals surface area contributed by atoms with Gasteiger partial charge in [0.05, 0.1) is 19.3 Å². The summed E-state index contributed by atoms with van der Waals surface area (Å²) in [5.74, 6) is 1.39. The van der Waals surface area contributed by atoms with Crippen LogP contribution in [0.25, 0.3) is 0 Å². The maximum absolute atomic E-state index is 8.73. The minimum absolute atomic E-state index is 0.395. The molecule has 0 fully saturated rings. The van der Waals surface area contributed by atoms with E-state index in [0.717, 1.165) is 32.0 Å². The summed E-state index contributed by atoms with van der Waals surface area (Å²) < 4.78 is 10.8. The highest BCUT2D eigenvalue weighted by Crippen LogP contribution is 2.33. The van der Waals surface area contributed by atoms with Gasteiger partial charge in [0.2, 0.25) is 0 Å². The van der Waals surface area contributed by atoms with Gasteiger partial charge >= 0.3 is 0 Å². The first-order chi connectivity index (χ1) is 9.35. The van der Waals surface area contributed by atoms with Crippen LogP contribution in [0.15, 0.2) is 24.3 Å². The monoisotopic (exact) mass is 260 g/mol. The Morgan fingerprint density at radius 3 is 3.05 bits per heavy atom. The van der Waals surface area contributed by atoms with Crippen LogP contribution in [-0.2, 0) is 4.74 Å². The van der Waals surface area contributed by atoms with Gasteiger partial charge in [-0.2, -0.15) is 5.26 Å². The minimum atomic E-state index is 0.395. The lowest BCUT2D eigenvalue weighted by Gasteiger charge is -2.23. The highest BCUT2D eigenvalue weighted by atomic mass is 16.5. The van der Waals surface area contributed by atoms with Crippen molar-refractivity contribution in [3.05, 3.63) is 29.8 Å². The van der Waals surface area contributed by atoms with Gasteiger partial charge in [-0.3, -0.25) is 4.90 Å². The third-order valence-electron chi connectivity index (χ3n) is 3.43. The number of fused-ring (bicyclic) bond motifs is 1. The summed E-state index contributed by atoms with van der Waals surface area (Å²) in [5, 5.41) is 8.73. The van der Waals surface area contributed by atoms with Gasteiger partial charge in [-0.05, 0) is 6.07 Å². The van der Waals surface area contributed by atoms with Crippen molar-refractivity contribution in [2.24, 2.45) is 0 Å². The molecule has 0 saturated heterocycles. The van der Waals surface area contributed by atoms with Gasteiger partial charge in [0.1, 0.15) is 5.75 Å². The summed E-state index contributed by atoms with van der Waals surface area (Å²) in [5.41, 5.74) is 1.28. The number of methoxy groups -OCH3 is 1. The van der Waals surface area contributed by atoms with Crippen molar-refractivity contribution in [2.75, 3.05) is 40.0 Å². The van der Waals surface area contributed by atoms with Crippen LogP contribution in [0, 0.1) is 11.3 Å². The number of ether oxygens (including phenoxy) is 2. The van der Waals surface area contributed by atoms with Gasteiger partial charge in [-0.15, -0.1) is 0 Å². The summed E-state index contributed by atoms with van der Waals surface area (Å²) in [6.45, 7) is 3.99. The molecule has 102 valence electrons. The predicted octanol–water partition coefficient (Wildman–Crippen LogP) is 2.02. The topological polar surface area (TPSA) is 45.5 Å². The molecule has 1 unspecified atom stereocenters. The lowest BCUT2D eigenvalue weighted by atomic mass is 10.0. The Labute approximate surface area is 114 Å². The number of benzene rings is 1. The summed E-state index contributed by atoms with van der Waals surface area (Å²) in [7, 11) is 1.70. The van der Waals surface area contributed by atoms with Crippen LogP contribution in [0.2, 0.25) is 0 Å². The van der Waals surface area contributed by atoms with Crippen molar-refractivity contribution in [1.29, 1.82) is 5.26 Å². The molecule has 0 bridgehead atoms. The van der Waals surface area contributed by atoms with Crippen LogP contribution >= 0.6 is 0 Å². The molecule has 2 rings (SSSR count). The fourth-order valence-corrected chi connectivity index (χ4v) is 2.42. The first-order valence-electron chi connectivity index (χ1n) is 6.65. The first-order valence-corrected chi connectivity index (χ1v) is 6.65. The Morgan fingerprint density at radius 1 is 1.42 bits per heavy atom. The molecule has 1 aliphatic heterocycles. The van der Waals surface area contributed by atoms with Crippen LogP contribution < -0.4 is 4.74 Å². The van der Waals surface area contributed by atoms with E-state index < -0.39 is 0 Å². The second kappa shape index (κ2) is 7.13. The average Bonchev–Trinajstić information content (AvgIpc) is 2.85. The van der Waals surface area contributed by atoms with Crippen molar-refractivity contribution in [2.45, 2.75) is 12.3 Å². The Hall–Kier alpha value is -1.57. The third kappa shape index (κ3) is 3.69. The summed E-state index contributed by atoms with van der Waals surface area (Å²) in [6, 6.07) is 10.4. The third-order valence-corrected chi connectivity index (χ3v) is 3.43. The Morgan fingerprint density at radius 2 is 2.26 bits per heavy atom. The first kappa shape index (κ1) is 13.9. The van der Waals surface area contributed by atoms with Crippen molar-refractivity contribution in [3.8, 4) is 11.8 Å². The second-order valence-electron chi connectivity index (χ2n) is 4.75. The van der Waals surface area contributed by atoms with Crippen LogP contribution in [0.5, 0.6) is 5.75 Å². The molecule has 1 aromatic carbocycles. The largest absolute Gasteiger partial charge is 0.493 e. The Kier molecular flexibility index (Phi) is 5.20. The highest BCUT2D eigenvalue weighted by molar-refractivity contribution is 5.39. The summed E-state index contributed by atoms with van der Waals surface area (Å²) >= 11 is 0. The lowest BCUT2D eigenvalue weighted by Crippen LogP contribution is -2.33. The molecule has 1 aliphatic rings. The van der Waals surface area contributed by atoms with Crippen LogP contribution in [0.3, 0.4) is 0 Å². The molecular formula is C15H20N2O2. The van der Waals surface area contributed by atoms with E-state index in [2.05, 4.69) is 23.1 Å². The van der Waals surface area contributed by atoms with Gasteiger partial charge in [0, 0.05) is 44.6 Å². The van der Waals surface area contributed by atoms with Crippen LogP contribution in [-0.4, -0.2) is 44.9 Å². The molecule has 1 heterocycles. The molecular weight excluding hydrogens is 240 g/mol. The van der Waals surface area contributed by atoms with Gasteiger partial charge in [0.15, 0.2) is 0 Å². The van der Waals surface area contributed by atoms with E-state index in [-0.39, 0.29) is 0 Å². The van der Waals surface area contributed by atoms with E-state index >= 15 is 0 Å². The summed E-state index contributed by atoms with van der Waals surface area (Å²) in [6.07, 6.45) is 0.555. The van der Waals surface area contributed by atoms with Crippen molar-refractivity contribution >= 4 is 0 Å². The molecule has 1 atom stereocenters. The zero-order valence-electron chi connectivity index (χ0n) is 11.3. The fourth-order valence-electron chi connectivity index (χ4n) is 2.42. The molecule has 0 aromatic heterocycles. The maximum Gasteiger partial charge on any atom is 0.122 e. The second-order valence-corrected chi connectivity index (χ2v) is 4.75. The molecule has 19 heavy (non-hydrogen) atoms. The molecule has 0 spiro atoms. The van der Waals surface area contributed by atoms with E-state index in [0.29, 0.717) is 18.9 Å². The molecule has 4 heteroatoms. The van der Waals surface area contributed by atoms with E-state index in [9.17, 15) is 0 Å². The van der Waals surface area contributed by atoms with Crippen molar-refractivity contribution < 1.29 is 9.47 Å². The summed E-state index contributed by atoms with van der Waals surface area (Å²) in [4.78, 5) is 2.28. The van der Waals surface area contributed by atoms with Gasteiger partial charge < -0.3 is 9.47 Å². The zero-order valence-corrected chi connectivity index (χ0v) is 11.3. The molecule has 1 aromatic rings. The lowest BCUT2D eigenvalue weighted by molar-refractivity contribution is 0.142. The number of para-hydroxylation sites is 1. The number of nitriles is 1. The predicted molar refractivity (Wildman–Crippen MR) is 73.2 cm³/mol. The van der Waals surface area contributed by atoms with Crippen LogP contribution in [0.4, 0.5) is 0 Å². The minimum Gasteiger partial charge on any atom is -0.493 e. The number of rotatable bonds is 7. The van der Waals surface area contributed by atoms with Crippen LogP contribution in [0.1, 0.15) is 17.9 Å². The average molecular weight is 260 g/mol. The zero-order chi connectivity index (χ0) is 13.5. The normalized spacial score (nSPS) is 17.0. The molecule has 0 amide bonds. The highest BCUT2D eigenvalue weighted by Gasteiger charge is 2.25. The quantitative estimate of drug-likeness (QED) is 0.752. The van der Waals surface area contributed by atoms with Gasteiger partial charge in [-0.25, -0.2) is 0 Å². The number of hydrogen-bond donors (Lipinski definition) is 0. The Bertz CT molecular complexity index is 442. The van der Waals surface area contributed by atoms with Gasteiger partial charge in [0.25, 0.3) is 0 Å². The molecule has 0 N–H and O–H groups in total. The standard InChI is InChI=1S/C15H20N2O2/c1-18-10-9-17(8-4-7-16)11-13-12-19-15-6-3-2-5-14(13)15/h2-3,5-6,13H,4,8-12H2,1H3. The maximum atomic E-state index is 8.73. The molecule has 0 saturated carbocycles. The fraction of sp³-hybridized carbons (Fsp3) is 0.533. The smallest absolute Gasteiger partial charge is 0.122 e. The van der Waals surface area contributed by atoms with E-state index in [4.69, 9.17) is 14.7 Å². The van der Waals surface area contributed by atoms with Gasteiger partial charge in [-0.1, -0.05) is 18.2 Å². The molecule has 0 radical (unpaired) electrons. The molecule has 0 aliphatic carbocycles. The van der Waals surface area contributed by atoms with Crippen molar-refractivity contribution in [3.63, 3.8) is 0 Å². The number of nitrogens with zero attached hydrogens (tertiary/aromatic N) is 2. The Balaban J connectivity index is 1.96. The van der Waals surface area contributed by atoms with Crippen molar-refractivity contribution in [1.82, 2.24) is 4.90 Å². The van der Waals surface area contributed by atoms with E-state index in [1.165, 1.54) is 5.56 Å². The van der Waals surface area contributed by atoms with E-state index in [1.807, 2.05) is 12.1 Å². The molecule has 4 nitrogen and oxygen atoms in total. The van der Waals surface area contributed by atoms with E-state index in [1.54, 1.807) is 7.11 Å².